The summed E-state index contributed by atoms with van der Waals surface area (Å²) in [7, 11) is 0. The fraction of sp³-hybridized carbons (Fsp3) is 0.143. The molecule has 20 heavy (non-hydrogen) atoms. The molecule has 0 bridgehead atoms. The topological polar surface area (TPSA) is 79.3 Å². The van der Waals surface area contributed by atoms with Crippen molar-refractivity contribution in [3.63, 3.8) is 0 Å². The highest BCUT2D eigenvalue weighted by atomic mass is 16.1. The molecule has 6 heteroatoms. The monoisotopic (exact) mass is 267 g/mol. The molecule has 0 aliphatic carbocycles. The number of nitrogens with zero attached hydrogens (tertiary/aromatic N) is 3. The van der Waals surface area contributed by atoms with Crippen LogP contribution in [-0.2, 0) is 11.2 Å². The fourth-order valence-corrected chi connectivity index (χ4v) is 2.01. The van der Waals surface area contributed by atoms with Gasteiger partial charge in [0.2, 0.25) is 11.9 Å². The van der Waals surface area contributed by atoms with Gasteiger partial charge in [0, 0.05) is 18.1 Å². The third-order valence-electron chi connectivity index (χ3n) is 3.04. The Morgan fingerprint density at radius 1 is 1.35 bits per heavy atom. The van der Waals surface area contributed by atoms with Gasteiger partial charge in [-0.3, -0.25) is 4.79 Å². The van der Waals surface area contributed by atoms with Crippen LogP contribution >= 0.6 is 0 Å². The van der Waals surface area contributed by atoms with Gasteiger partial charge in [-0.1, -0.05) is 6.07 Å². The number of rotatable bonds is 3. The lowest BCUT2D eigenvalue weighted by Crippen LogP contribution is -2.03. The molecule has 100 valence electrons. The Bertz CT molecular complexity index is 681. The quantitative estimate of drug-likeness (QED) is 0.656. The summed E-state index contributed by atoms with van der Waals surface area (Å²) in [6, 6.07) is 7.54. The van der Waals surface area contributed by atoms with E-state index >= 15 is 0 Å². The number of amides is 1. The third-order valence-corrected chi connectivity index (χ3v) is 3.04. The molecule has 0 unspecified atom stereocenters. The molecule has 2 N–H and O–H groups in total. The van der Waals surface area contributed by atoms with Crippen molar-refractivity contribution in [1.82, 2.24) is 9.97 Å². The van der Waals surface area contributed by atoms with Crippen LogP contribution in [0.5, 0.6) is 0 Å². The molecular weight excluding hydrogens is 254 g/mol. The van der Waals surface area contributed by atoms with Crippen LogP contribution in [0, 0.1) is 0 Å². The van der Waals surface area contributed by atoms with E-state index < -0.39 is 0 Å². The zero-order chi connectivity index (χ0) is 13.9. The summed E-state index contributed by atoms with van der Waals surface area (Å²) >= 11 is 0. The molecule has 1 aromatic heterocycles. The predicted molar refractivity (Wildman–Crippen MR) is 76.6 cm³/mol. The number of hydrogen-bond donors (Lipinski definition) is 2. The normalized spacial score (nSPS) is 13.8. The van der Waals surface area contributed by atoms with Gasteiger partial charge in [-0.05, 0) is 36.2 Å². The van der Waals surface area contributed by atoms with Crippen molar-refractivity contribution in [3.05, 3.63) is 47.8 Å². The van der Waals surface area contributed by atoms with Gasteiger partial charge in [0.25, 0.3) is 0 Å². The van der Waals surface area contributed by atoms with Gasteiger partial charge in [0.05, 0.1) is 12.1 Å². The zero-order valence-corrected chi connectivity index (χ0v) is 10.9. The van der Waals surface area contributed by atoms with E-state index in [9.17, 15) is 4.79 Å². The van der Waals surface area contributed by atoms with Crippen LogP contribution < -0.4 is 10.7 Å². The number of nitrogens with one attached hydrogen (secondary N) is 2. The maximum Gasteiger partial charge on any atom is 0.243 e. The summed E-state index contributed by atoms with van der Waals surface area (Å²) in [6.07, 6.45) is 3.71. The second kappa shape index (κ2) is 5.08. The summed E-state index contributed by atoms with van der Waals surface area (Å²) in [4.78, 5) is 19.4. The van der Waals surface area contributed by atoms with Crippen molar-refractivity contribution in [2.24, 2.45) is 5.10 Å². The molecule has 1 amide bonds. The summed E-state index contributed by atoms with van der Waals surface area (Å²) in [5.74, 6) is 0.479. The summed E-state index contributed by atoms with van der Waals surface area (Å²) in [5.41, 5.74) is 6.45. The standard InChI is InChI=1S/C14H13N5O/c1-9(18-19-14-15-5-2-6-16-14)10-3-4-12-11(7-10)8-13(20)17-12/h2-7H,8H2,1H3,(H,17,20)(H,15,16,19)/b18-9+. The lowest BCUT2D eigenvalue weighted by Gasteiger charge is -2.04. The largest absolute Gasteiger partial charge is 0.326 e. The van der Waals surface area contributed by atoms with E-state index in [4.69, 9.17) is 0 Å². The predicted octanol–water partition coefficient (Wildman–Crippen LogP) is 1.81. The van der Waals surface area contributed by atoms with E-state index in [1.807, 2.05) is 25.1 Å². The molecule has 1 aliphatic rings. The second-order valence-corrected chi connectivity index (χ2v) is 4.48. The van der Waals surface area contributed by atoms with E-state index in [2.05, 4.69) is 25.8 Å². The number of carbonyl (C=O) groups is 1. The molecule has 2 heterocycles. The molecule has 6 nitrogen and oxygen atoms in total. The minimum atomic E-state index is 0.0301. The Labute approximate surface area is 116 Å². The lowest BCUT2D eigenvalue weighted by molar-refractivity contribution is -0.115. The highest BCUT2D eigenvalue weighted by Crippen LogP contribution is 2.24. The minimum absolute atomic E-state index is 0.0301. The van der Waals surface area contributed by atoms with Crippen molar-refractivity contribution in [1.29, 1.82) is 0 Å². The molecule has 1 aliphatic heterocycles. The van der Waals surface area contributed by atoms with E-state index in [1.54, 1.807) is 18.5 Å². The summed E-state index contributed by atoms with van der Waals surface area (Å²) in [6.45, 7) is 1.89. The van der Waals surface area contributed by atoms with Crippen LogP contribution in [0.4, 0.5) is 11.6 Å². The number of anilines is 2. The van der Waals surface area contributed by atoms with Gasteiger partial charge in [0.15, 0.2) is 0 Å². The molecule has 0 atom stereocenters. The Hall–Kier alpha value is -2.76. The van der Waals surface area contributed by atoms with Crippen molar-refractivity contribution in [2.45, 2.75) is 13.3 Å². The Morgan fingerprint density at radius 2 is 2.15 bits per heavy atom. The van der Waals surface area contributed by atoms with Crippen molar-refractivity contribution < 1.29 is 4.79 Å². The van der Waals surface area contributed by atoms with Gasteiger partial charge in [-0.15, -0.1) is 0 Å². The molecule has 0 radical (unpaired) electrons. The lowest BCUT2D eigenvalue weighted by atomic mass is 10.1. The van der Waals surface area contributed by atoms with Crippen LogP contribution in [0.25, 0.3) is 0 Å². The Kier molecular flexibility index (Phi) is 3.12. The Balaban J connectivity index is 1.79. The molecule has 0 spiro atoms. The van der Waals surface area contributed by atoms with Gasteiger partial charge in [0.1, 0.15) is 0 Å². The van der Waals surface area contributed by atoms with Gasteiger partial charge in [-0.25, -0.2) is 15.4 Å². The van der Waals surface area contributed by atoms with E-state index in [1.165, 1.54) is 0 Å². The first-order valence-corrected chi connectivity index (χ1v) is 6.23. The summed E-state index contributed by atoms with van der Waals surface area (Å²) < 4.78 is 0. The third kappa shape index (κ3) is 2.49. The zero-order valence-electron chi connectivity index (χ0n) is 10.9. The summed E-state index contributed by atoms with van der Waals surface area (Å²) in [5, 5.41) is 7.05. The van der Waals surface area contributed by atoms with Gasteiger partial charge < -0.3 is 5.32 Å². The van der Waals surface area contributed by atoms with Crippen molar-refractivity contribution in [3.8, 4) is 0 Å². The second-order valence-electron chi connectivity index (χ2n) is 4.48. The van der Waals surface area contributed by atoms with Crippen LogP contribution in [-0.4, -0.2) is 21.6 Å². The molecule has 3 rings (SSSR count). The fourth-order valence-electron chi connectivity index (χ4n) is 2.01. The maximum atomic E-state index is 11.3. The molecule has 0 saturated carbocycles. The van der Waals surface area contributed by atoms with Gasteiger partial charge in [-0.2, -0.15) is 5.10 Å². The smallest absolute Gasteiger partial charge is 0.243 e. The average Bonchev–Trinajstić information content (AvgIpc) is 2.85. The Morgan fingerprint density at radius 3 is 2.95 bits per heavy atom. The molecule has 1 aromatic carbocycles. The van der Waals surface area contributed by atoms with Crippen LogP contribution in [0.15, 0.2) is 41.8 Å². The number of hydrazone groups is 1. The molecular formula is C14H13N5O. The van der Waals surface area contributed by atoms with Crippen LogP contribution in [0.1, 0.15) is 18.1 Å². The van der Waals surface area contributed by atoms with Gasteiger partial charge >= 0.3 is 0 Å². The number of carbonyl (C=O) groups excluding carboxylic acids is 1. The first kappa shape index (κ1) is 12.3. The van der Waals surface area contributed by atoms with E-state index in [-0.39, 0.29) is 5.91 Å². The van der Waals surface area contributed by atoms with E-state index in [0.717, 1.165) is 22.5 Å². The highest BCUT2D eigenvalue weighted by molar-refractivity contribution is 6.03. The number of hydrogen-bond acceptors (Lipinski definition) is 5. The van der Waals surface area contributed by atoms with E-state index in [0.29, 0.717) is 12.4 Å². The number of fused-ring (bicyclic) bond motifs is 1. The number of benzene rings is 1. The molecule has 2 aromatic rings. The minimum Gasteiger partial charge on any atom is -0.326 e. The maximum absolute atomic E-state index is 11.3. The molecule has 0 fully saturated rings. The molecule has 0 saturated heterocycles. The van der Waals surface area contributed by atoms with Crippen LogP contribution in [0.2, 0.25) is 0 Å². The SMILES string of the molecule is C/C(=N\Nc1ncccn1)c1ccc2c(c1)CC(=O)N2. The number of aromatic nitrogens is 2. The first-order valence-electron chi connectivity index (χ1n) is 6.23. The average molecular weight is 267 g/mol. The van der Waals surface area contributed by atoms with Crippen LogP contribution in [0.3, 0.4) is 0 Å². The highest BCUT2D eigenvalue weighted by Gasteiger charge is 2.17. The first-order chi connectivity index (χ1) is 9.72. The van der Waals surface area contributed by atoms with Crippen molar-refractivity contribution in [2.75, 3.05) is 10.7 Å². The van der Waals surface area contributed by atoms with Crippen molar-refractivity contribution >= 4 is 23.3 Å².